The smallest absolute Gasteiger partial charge is 0.139 e. The Morgan fingerprint density at radius 1 is 1.21 bits per heavy atom. The average molecular weight is 263 g/mol. The number of nitrogens with zero attached hydrogens (tertiary/aromatic N) is 3. The highest BCUT2D eigenvalue weighted by Crippen LogP contribution is 2.17. The minimum Gasteiger partial charge on any atom is -0.308 e. The van der Waals surface area contributed by atoms with E-state index in [4.69, 9.17) is 5.84 Å². The first-order valence-electron chi connectivity index (χ1n) is 6.88. The van der Waals surface area contributed by atoms with Gasteiger partial charge in [0.2, 0.25) is 0 Å². The third-order valence-corrected chi connectivity index (χ3v) is 3.70. The molecule has 3 N–H and O–H groups in total. The van der Waals surface area contributed by atoms with E-state index in [9.17, 15) is 0 Å². The molecule has 0 aliphatic carbocycles. The quantitative estimate of drug-likeness (QED) is 0.635. The first kappa shape index (κ1) is 14.2. The molecule has 106 valence electrons. The van der Waals surface area contributed by atoms with Gasteiger partial charge in [0.25, 0.3) is 0 Å². The van der Waals surface area contributed by atoms with E-state index in [1.807, 2.05) is 12.3 Å². The van der Waals surface area contributed by atoms with E-state index in [2.05, 4.69) is 47.0 Å². The van der Waals surface area contributed by atoms with Crippen LogP contribution in [-0.4, -0.2) is 46.5 Å². The fraction of sp³-hybridized carbons (Fsp3) is 0.643. The Kier molecular flexibility index (Phi) is 4.39. The highest BCUT2D eigenvalue weighted by atomic mass is 15.3. The Bertz CT molecular complexity index is 387. The highest BCUT2D eigenvalue weighted by Gasteiger charge is 2.25. The summed E-state index contributed by atoms with van der Waals surface area (Å²) in [6, 6.07) is 4.00. The Balaban J connectivity index is 1.85. The molecule has 5 heteroatoms. The molecule has 0 bridgehead atoms. The van der Waals surface area contributed by atoms with Crippen LogP contribution in [0.25, 0.3) is 0 Å². The molecule has 0 saturated carbocycles. The average Bonchev–Trinajstić information content (AvgIpc) is 2.39. The van der Waals surface area contributed by atoms with Gasteiger partial charge >= 0.3 is 0 Å². The van der Waals surface area contributed by atoms with Gasteiger partial charge in [-0.15, -0.1) is 0 Å². The fourth-order valence-electron chi connectivity index (χ4n) is 2.44. The standard InChI is InChI=1S/C14H25N5/c1-14(2,3)19-8-6-18(7-9-19)11-12-4-5-13(17-15)16-10-12/h4-5,10H,6-9,11,15H2,1-3H3,(H,16,17). The number of nitrogen functional groups attached to an aromatic ring is 1. The molecule has 5 nitrogen and oxygen atoms in total. The number of rotatable bonds is 3. The number of nitrogens with one attached hydrogen (secondary N) is 1. The normalized spacial score (nSPS) is 18.5. The minimum absolute atomic E-state index is 0.280. The zero-order valence-electron chi connectivity index (χ0n) is 12.2. The summed E-state index contributed by atoms with van der Waals surface area (Å²) in [6.45, 7) is 12.3. The van der Waals surface area contributed by atoms with E-state index in [0.717, 1.165) is 32.7 Å². The number of hydrazine groups is 1. The van der Waals surface area contributed by atoms with E-state index >= 15 is 0 Å². The molecule has 0 atom stereocenters. The molecular formula is C14H25N5. The molecule has 1 aromatic rings. The second-order valence-corrected chi connectivity index (χ2v) is 6.13. The predicted molar refractivity (Wildman–Crippen MR) is 78.7 cm³/mol. The number of pyridine rings is 1. The number of piperazine rings is 1. The summed E-state index contributed by atoms with van der Waals surface area (Å²) in [5.74, 6) is 6.02. The van der Waals surface area contributed by atoms with Crippen molar-refractivity contribution in [2.75, 3.05) is 31.6 Å². The third kappa shape index (κ3) is 3.89. The molecule has 1 aliphatic rings. The van der Waals surface area contributed by atoms with E-state index in [0.29, 0.717) is 5.82 Å². The topological polar surface area (TPSA) is 57.4 Å². The van der Waals surface area contributed by atoms with Gasteiger partial charge in [-0.25, -0.2) is 10.8 Å². The molecule has 1 saturated heterocycles. The minimum atomic E-state index is 0.280. The van der Waals surface area contributed by atoms with Gasteiger partial charge in [-0.05, 0) is 32.4 Å². The van der Waals surface area contributed by atoms with Crippen LogP contribution < -0.4 is 11.3 Å². The van der Waals surface area contributed by atoms with Crippen molar-refractivity contribution < 1.29 is 0 Å². The van der Waals surface area contributed by atoms with Crippen molar-refractivity contribution in [3.8, 4) is 0 Å². The molecule has 2 rings (SSSR count). The van der Waals surface area contributed by atoms with Crippen molar-refractivity contribution in [1.82, 2.24) is 14.8 Å². The van der Waals surface area contributed by atoms with Gasteiger partial charge in [0.15, 0.2) is 0 Å². The Morgan fingerprint density at radius 2 is 1.89 bits per heavy atom. The molecule has 1 aliphatic heterocycles. The summed E-state index contributed by atoms with van der Waals surface area (Å²) in [5.41, 5.74) is 4.07. The largest absolute Gasteiger partial charge is 0.308 e. The van der Waals surface area contributed by atoms with Crippen molar-refractivity contribution in [1.29, 1.82) is 0 Å². The van der Waals surface area contributed by atoms with Crippen LogP contribution in [0.5, 0.6) is 0 Å². The van der Waals surface area contributed by atoms with Crippen LogP contribution in [0.3, 0.4) is 0 Å². The van der Waals surface area contributed by atoms with Crippen LogP contribution in [0, 0.1) is 0 Å². The maximum Gasteiger partial charge on any atom is 0.139 e. The van der Waals surface area contributed by atoms with Gasteiger partial charge < -0.3 is 5.43 Å². The summed E-state index contributed by atoms with van der Waals surface area (Å²) in [5, 5.41) is 0. The van der Waals surface area contributed by atoms with E-state index in [1.54, 1.807) is 0 Å². The van der Waals surface area contributed by atoms with Crippen LogP contribution >= 0.6 is 0 Å². The van der Waals surface area contributed by atoms with E-state index < -0.39 is 0 Å². The molecule has 1 fully saturated rings. The van der Waals surface area contributed by atoms with Crippen LogP contribution in [0.1, 0.15) is 26.3 Å². The molecule has 1 aromatic heterocycles. The molecule has 0 amide bonds. The van der Waals surface area contributed by atoms with Gasteiger partial charge in [-0.3, -0.25) is 9.80 Å². The lowest BCUT2D eigenvalue weighted by Crippen LogP contribution is -2.53. The number of aromatic nitrogens is 1. The third-order valence-electron chi connectivity index (χ3n) is 3.70. The number of hydrogen-bond donors (Lipinski definition) is 2. The molecule has 0 aromatic carbocycles. The summed E-state index contributed by atoms with van der Waals surface area (Å²) in [6.07, 6.45) is 1.89. The van der Waals surface area contributed by atoms with Gasteiger partial charge in [-0.2, -0.15) is 0 Å². The van der Waals surface area contributed by atoms with Crippen molar-refractivity contribution in [3.63, 3.8) is 0 Å². The zero-order valence-corrected chi connectivity index (χ0v) is 12.2. The zero-order chi connectivity index (χ0) is 13.9. The summed E-state index contributed by atoms with van der Waals surface area (Å²) < 4.78 is 0. The lowest BCUT2D eigenvalue weighted by Gasteiger charge is -2.42. The number of hydrogen-bond acceptors (Lipinski definition) is 5. The molecule has 0 radical (unpaired) electrons. The first-order chi connectivity index (χ1) is 8.99. The Morgan fingerprint density at radius 3 is 2.37 bits per heavy atom. The summed E-state index contributed by atoms with van der Waals surface area (Å²) >= 11 is 0. The molecule has 0 spiro atoms. The van der Waals surface area contributed by atoms with Crippen LogP contribution in [0.15, 0.2) is 18.3 Å². The Labute approximate surface area is 115 Å². The van der Waals surface area contributed by atoms with Gasteiger partial charge in [-0.1, -0.05) is 6.07 Å². The van der Waals surface area contributed by atoms with Crippen LogP contribution in [-0.2, 0) is 6.54 Å². The van der Waals surface area contributed by atoms with Crippen molar-refractivity contribution in [2.24, 2.45) is 5.84 Å². The van der Waals surface area contributed by atoms with Crippen molar-refractivity contribution in [3.05, 3.63) is 23.9 Å². The van der Waals surface area contributed by atoms with Crippen molar-refractivity contribution in [2.45, 2.75) is 32.9 Å². The molecule has 19 heavy (non-hydrogen) atoms. The predicted octanol–water partition coefficient (Wildman–Crippen LogP) is 1.28. The molecular weight excluding hydrogens is 238 g/mol. The van der Waals surface area contributed by atoms with E-state index in [-0.39, 0.29) is 5.54 Å². The maximum absolute atomic E-state index is 5.31. The van der Waals surface area contributed by atoms with Gasteiger partial charge in [0.1, 0.15) is 5.82 Å². The lowest BCUT2D eigenvalue weighted by molar-refractivity contribution is 0.0590. The van der Waals surface area contributed by atoms with E-state index in [1.165, 1.54) is 5.56 Å². The monoisotopic (exact) mass is 263 g/mol. The number of nitrogens with two attached hydrogens (primary N) is 1. The maximum atomic E-state index is 5.31. The van der Waals surface area contributed by atoms with Crippen LogP contribution in [0.2, 0.25) is 0 Å². The molecule has 2 heterocycles. The van der Waals surface area contributed by atoms with Gasteiger partial charge in [0, 0.05) is 44.5 Å². The fourth-order valence-corrected chi connectivity index (χ4v) is 2.44. The SMILES string of the molecule is CC(C)(C)N1CCN(Cc2ccc(NN)nc2)CC1. The lowest BCUT2D eigenvalue weighted by atomic mass is 10.0. The second kappa shape index (κ2) is 5.86. The molecule has 0 unspecified atom stereocenters. The second-order valence-electron chi connectivity index (χ2n) is 6.13. The summed E-state index contributed by atoms with van der Waals surface area (Å²) in [4.78, 5) is 9.27. The van der Waals surface area contributed by atoms with Crippen LogP contribution in [0.4, 0.5) is 5.82 Å². The van der Waals surface area contributed by atoms with Crippen molar-refractivity contribution >= 4 is 5.82 Å². The first-order valence-corrected chi connectivity index (χ1v) is 6.88. The number of anilines is 1. The highest BCUT2D eigenvalue weighted by molar-refractivity contribution is 5.33. The summed E-state index contributed by atoms with van der Waals surface area (Å²) in [7, 11) is 0. The Hall–Kier alpha value is -1.17. The van der Waals surface area contributed by atoms with Gasteiger partial charge in [0.05, 0.1) is 0 Å².